The van der Waals surface area contributed by atoms with Gasteiger partial charge in [-0.05, 0) is 46.7 Å². The lowest BCUT2D eigenvalue weighted by atomic mass is 9.88. The van der Waals surface area contributed by atoms with E-state index in [1.807, 2.05) is 18.2 Å². The van der Waals surface area contributed by atoms with Crippen LogP contribution in [0.3, 0.4) is 0 Å². The van der Waals surface area contributed by atoms with Crippen LogP contribution in [0.2, 0.25) is 0 Å². The molecule has 156 valence electrons. The molecule has 0 saturated heterocycles. The first-order chi connectivity index (χ1) is 15.4. The van der Waals surface area contributed by atoms with E-state index >= 15 is 0 Å². The van der Waals surface area contributed by atoms with E-state index < -0.39 is 0 Å². The Bertz CT molecular complexity index is 1400. The Balaban J connectivity index is 1.77. The number of thiophene rings is 1. The summed E-state index contributed by atoms with van der Waals surface area (Å²) in [6.45, 7) is 9.89. The molecule has 3 heteroatoms. The number of imidazole rings is 1. The second kappa shape index (κ2) is 7.97. The van der Waals surface area contributed by atoms with Crippen LogP contribution >= 0.6 is 11.3 Å². The van der Waals surface area contributed by atoms with Crippen molar-refractivity contribution in [2.45, 2.75) is 46.1 Å². The summed E-state index contributed by atoms with van der Waals surface area (Å²) in [5.41, 5.74) is 7.49. The number of nitrogens with zero attached hydrogens (tertiary/aromatic N) is 2. The highest BCUT2D eigenvalue weighted by Crippen LogP contribution is 2.37. The molecule has 0 aliphatic heterocycles. The summed E-state index contributed by atoms with van der Waals surface area (Å²) in [5, 5.41) is 3.31. The Morgan fingerprint density at radius 1 is 0.903 bits per heavy atom. The third-order valence-corrected chi connectivity index (χ3v) is 7.09. The zero-order valence-electron chi connectivity index (χ0n) is 19.5. The third-order valence-electron chi connectivity index (χ3n) is 6.12. The molecule has 0 aliphatic carbocycles. The van der Waals surface area contributed by atoms with Crippen molar-refractivity contribution < 1.29 is 1.37 Å². The Morgan fingerprint density at radius 3 is 2.39 bits per heavy atom. The van der Waals surface area contributed by atoms with E-state index in [1.165, 1.54) is 21.4 Å². The molecule has 0 unspecified atom stereocenters. The number of aromatic nitrogens is 2. The molecule has 0 radical (unpaired) electrons. The van der Waals surface area contributed by atoms with Crippen LogP contribution < -0.4 is 0 Å². The first-order valence-electron chi connectivity index (χ1n) is 11.5. The van der Waals surface area contributed by atoms with E-state index in [-0.39, 0.29) is 0 Å². The van der Waals surface area contributed by atoms with Crippen molar-refractivity contribution in [3.63, 3.8) is 0 Å². The normalized spacial score (nSPS) is 12.4. The Kier molecular flexibility index (Phi) is 4.84. The third kappa shape index (κ3) is 3.47. The van der Waals surface area contributed by atoms with Crippen LogP contribution in [0.4, 0.5) is 0 Å². The number of fused-ring (bicyclic) bond motifs is 2. The lowest BCUT2D eigenvalue weighted by Gasteiger charge is -2.21. The van der Waals surface area contributed by atoms with E-state index in [1.54, 1.807) is 11.3 Å². The molecule has 2 heterocycles. The van der Waals surface area contributed by atoms with E-state index in [4.69, 9.17) is 6.35 Å². The SMILES string of the molecule is [2H]c1ccc2scc(-c3nc4ccccc4n3Cc3c(C(C)C)cccc3C(C)C)c2c1. The molecule has 0 atom stereocenters. The highest BCUT2D eigenvalue weighted by molar-refractivity contribution is 7.17. The predicted molar refractivity (Wildman–Crippen MR) is 134 cm³/mol. The van der Waals surface area contributed by atoms with Crippen LogP contribution in [-0.4, -0.2) is 9.55 Å². The molecule has 5 rings (SSSR count). The molecule has 0 amide bonds. The van der Waals surface area contributed by atoms with Crippen molar-refractivity contribution in [2.75, 3.05) is 0 Å². The summed E-state index contributed by atoms with van der Waals surface area (Å²) in [5.74, 6) is 1.89. The molecule has 31 heavy (non-hydrogen) atoms. The van der Waals surface area contributed by atoms with Gasteiger partial charge in [0.05, 0.1) is 18.9 Å². The molecule has 0 spiro atoms. The van der Waals surface area contributed by atoms with E-state index in [0.29, 0.717) is 17.9 Å². The smallest absolute Gasteiger partial charge is 0.142 e. The fourth-order valence-electron chi connectivity index (χ4n) is 4.58. The van der Waals surface area contributed by atoms with Gasteiger partial charge in [-0.1, -0.05) is 76.2 Å². The summed E-state index contributed by atoms with van der Waals surface area (Å²) >= 11 is 1.72. The maximum absolute atomic E-state index is 8.14. The van der Waals surface area contributed by atoms with Gasteiger partial charge in [0.1, 0.15) is 5.82 Å². The number of hydrogen-bond acceptors (Lipinski definition) is 2. The monoisotopic (exact) mass is 425 g/mol. The Labute approximate surface area is 189 Å². The lowest BCUT2D eigenvalue weighted by Crippen LogP contribution is -2.10. The van der Waals surface area contributed by atoms with Gasteiger partial charge in [-0.2, -0.15) is 0 Å². The highest BCUT2D eigenvalue weighted by atomic mass is 32.1. The van der Waals surface area contributed by atoms with Gasteiger partial charge in [0.15, 0.2) is 0 Å². The maximum atomic E-state index is 8.14. The van der Waals surface area contributed by atoms with Gasteiger partial charge in [-0.3, -0.25) is 0 Å². The molecular formula is C28H28N2S. The molecule has 3 aromatic carbocycles. The van der Waals surface area contributed by atoms with Gasteiger partial charge in [0, 0.05) is 21.0 Å². The minimum Gasteiger partial charge on any atom is -0.319 e. The average Bonchev–Trinajstić information content (AvgIpc) is 3.34. The standard InChI is InChI=1S/C28H28N2S/c1-18(2)20-11-9-12-21(19(3)4)23(20)16-30-26-14-7-6-13-25(26)29-28(30)24-17-31-27-15-8-5-10-22(24)27/h5-15,17-19H,16H2,1-4H3/i5D. The summed E-state index contributed by atoms with van der Waals surface area (Å²) in [4.78, 5) is 5.09. The maximum Gasteiger partial charge on any atom is 0.142 e. The molecule has 0 bridgehead atoms. The summed E-state index contributed by atoms with van der Waals surface area (Å²) in [6, 6.07) is 21.6. The number of para-hydroxylation sites is 2. The van der Waals surface area contributed by atoms with E-state index in [9.17, 15) is 0 Å². The van der Waals surface area contributed by atoms with E-state index in [0.717, 1.165) is 34.4 Å². The van der Waals surface area contributed by atoms with Crippen LogP contribution in [0, 0.1) is 0 Å². The van der Waals surface area contributed by atoms with Crippen LogP contribution in [0.1, 0.15) is 57.6 Å². The second-order valence-corrected chi connectivity index (χ2v) is 9.72. The lowest BCUT2D eigenvalue weighted by molar-refractivity contribution is 0.750. The van der Waals surface area contributed by atoms with Crippen LogP contribution in [0.5, 0.6) is 0 Å². The molecule has 0 fully saturated rings. The molecule has 2 nitrogen and oxygen atoms in total. The van der Waals surface area contributed by atoms with Crippen molar-refractivity contribution in [1.82, 2.24) is 9.55 Å². The summed E-state index contributed by atoms with van der Waals surface area (Å²) in [7, 11) is 0. The Hall–Kier alpha value is -2.91. The molecular weight excluding hydrogens is 396 g/mol. The van der Waals surface area contributed by atoms with Crippen molar-refractivity contribution in [3.8, 4) is 11.4 Å². The van der Waals surface area contributed by atoms with Crippen molar-refractivity contribution in [1.29, 1.82) is 0 Å². The van der Waals surface area contributed by atoms with Crippen molar-refractivity contribution >= 4 is 32.5 Å². The minimum absolute atomic E-state index is 0.454. The topological polar surface area (TPSA) is 17.8 Å². The number of hydrogen-bond donors (Lipinski definition) is 0. The zero-order chi connectivity index (χ0) is 22.4. The molecule has 0 saturated carbocycles. The number of rotatable bonds is 5. The summed E-state index contributed by atoms with van der Waals surface area (Å²) < 4.78 is 11.7. The first-order valence-corrected chi connectivity index (χ1v) is 11.9. The van der Waals surface area contributed by atoms with Crippen molar-refractivity contribution in [2.24, 2.45) is 0 Å². The largest absolute Gasteiger partial charge is 0.319 e. The molecule has 0 N–H and O–H groups in total. The van der Waals surface area contributed by atoms with Crippen LogP contribution in [-0.2, 0) is 6.54 Å². The quantitative estimate of drug-likeness (QED) is 0.277. The van der Waals surface area contributed by atoms with Crippen LogP contribution in [0.15, 0.2) is 72.1 Å². The molecule has 0 aliphatic rings. The van der Waals surface area contributed by atoms with Gasteiger partial charge in [-0.25, -0.2) is 4.98 Å². The predicted octanol–water partition coefficient (Wildman–Crippen LogP) is 8.21. The molecule has 5 aromatic rings. The molecule has 2 aromatic heterocycles. The summed E-state index contributed by atoms with van der Waals surface area (Å²) in [6.07, 6.45) is 0. The average molecular weight is 426 g/mol. The highest BCUT2D eigenvalue weighted by Gasteiger charge is 2.20. The Morgan fingerprint density at radius 2 is 1.65 bits per heavy atom. The zero-order valence-corrected chi connectivity index (χ0v) is 19.3. The number of benzene rings is 3. The van der Waals surface area contributed by atoms with Gasteiger partial charge in [-0.15, -0.1) is 11.3 Å². The fourth-order valence-corrected chi connectivity index (χ4v) is 5.50. The van der Waals surface area contributed by atoms with E-state index in [2.05, 4.69) is 80.1 Å². The van der Waals surface area contributed by atoms with Crippen molar-refractivity contribution in [3.05, 3.63) is 88.8 Å². The first kappa shape index (κ1) is 18.8. The minimum atomic E-state index is 0.454. The fraction of sp³-hybridized carbons (Fsp3) is 0.250. The van der Waals surface area contributed by atoms with Gasteiger partial charge < -0.3 is 4.57 Å². The second-order valence-electron chi connectivity index (χ2n) is 8.81. The van der Waals surface area contributed by atoms with Gasteiger partial charge >= 0.3 is 0 Å². The van der Waals surface area contributed by atoms with Crippen LogP contribution in [0.25, 0.3) is 32.5 Å². The van der Waals surface area contributed by atoms with Gasteiger partial charge in [0.25, 0.3) is 0 Å². The van der Waals surface area contributed by atoms with Gasteiger partial charge in [0.2, 0.25) is 0 Å².